The Hall–Kier alpha value is -1.92. The summed E-state index contributed by atoms with van der Waals surface area (Å²) in [5, 5.41) is 31.6. The van der Waals surface area contributed by atoms with E-state index in [0.29, 0.717) is 26.9 Å². The maximum Gasteiger partial charge on any atom is 0.365 e. The average Bonchev–Trinajstić information content (AvgIpc) is 3.22. The fraction of sp³-hybridized carbons (Fsp3) is 0.500. The summed E-state index contributed by atoms with van der Waals surface area (Å²) in [4.78, 5) is 26.9. The van der Waals surface area contributed by atoms with Crippen molar-refractivity contribution in [3.05, 3.63) is 23.1 Å². The molecule has 0 bridgehead atoms. The topological polar surface area (TPSA) is 133 Å². The van der Waals surface area contributed by atoms with Gasteiger partial charge in [-0.2, -0.15) is 8.97 Å². The van der Waals surface area contributed by atoms with Crippen LogP contribution in [0.2, 0.25) is 0 Å². The smallest absolute Gasteiger partial charge is 0.365 e. The molecule has 0 saturated carbocycles. The number of β-lactam (4-membered cyclic amide) rings is 1. The van der Waals surface area contributed by atoms with Crippen LogP contribution in [0.15, 0.2) is 23.2 Å². The van der Waals surface area contributed by atoms with Crippen LogP contribution in [0.5, 0.6) is 0 Å². The van der Waals surface area contributed by atoms with Gasteiger partial charge in [-0.05, 0) is 6.92 Å². The number of carbonyl (C=O) groups is 2. The normalized spacial score (nSPS) is 26.1. The van der Waals surface area contributed by atoms with Gasteiger partial charge in [0.25, 0.3) is 11.2 Å². The Bertz CT molecular complexity index is 1040. The molecule has 1 unspecified atom stereocenters. The number of carbonyl (C=O) groups excluding carboxylic acids is 2. The van der Waals surface area contributed by atoms with E-state index in [1.54, 1.807) is 27.7 Å². The van der Waals surface area contributed by atoms with Gasteiger partial charge in [0.2, 0.25) is 5.91 Å². The number of nitrogens with zero attached hydrogens (tertiary/aromatic N) is 3. The van der Waals surface area contributed by atoms with Gasteiger partial charge >= 0.3 is 5.03 Å². The van der Waals surface area contributed by atoms with Gasteiger partial charge in [-0.25, -0.2) is 0 Å². The zero-order valence-corrected chi connectivity index (χ0v) is 17.7. The van der Waals surface area contributed by atoms with E-state index < -0.39 is 41.1 Å². The summed E-state index contributed by atoms with van der Waals surface area (Å²) < 4.78 is 15.7. The van der Waals surface area contributed by atoms with Crippen LogP contribution >= 0.6 is 11.3 Å². The largest absolute Gasteiger partial charge is 0.609 e. The van der Waals surface area contributed by atoms with Crippen molar-refractivity contribution in [2.24, 2.45) is 11.8 Å². The van der Waals surface area contributed by atoms with Gasteiger partial charge in [0.15, 0.2) is 0 Å². The lowest BCUT2D eigenvalue weighted by molar-refractivity contribution is -0.508. The molecule has 0 aromatic carbocycles. The maximum atomic E-state index is 12.5. The maximum absolute atomic E-state index is 12.5. The molecule has 0 radical (unpaired) electrons. The second kappa shape index (κ2) is 7.10. The standard InChI is InChI=1S/C18H21N3O6S2/c1-8-11(14(18(25)26)21-13(8)12(9(2)23)15(21)24)10-6-20-7-19(4-5-22)17(29(3)27)16(20)28-10/h6-9,12-13,22-23H,4-5H2,1-3H3/t8-,9+,12+,13+,29?/m0/s1. The molecule has 2 aliphatic heterocycles. The Labute approximate surface area is 173 Å². The quantitative estimate of drug-likeness (QED) is 0.314. The third kappa shape index (κ3) is 2.83. The van der Waals surface area contributed by atoms with Crippen LogP contribution in [0.25, 0.3) is 10.4 Å². The highest BCUT2D eigenvalue weighted by atomic mass is 32.2. The summed E-state index contributed by atoms with van der Waals surface area (Å²) in [7, 11) is 0. The summed E-state index contributed by atoms with van der Waals surface area (Å²) in [6.45, 7) is 3.56. The van der Waals surface area contributed by atoms with Crippen molar-refractivity contribution >= 4 is 44.8 Å². The number of aromatic nitrogens is 2. The van der Waals surface area contributed by atoms with Gasteiger partial charge in [0, 0.05) is 22.7 Å². The van der Waals surface area contributed by atoms with E-state index in [-0.39, 0.29) is 18.2 Å². The summed E-state index contributed by atoms with van der Waals surface area (Å²) >= 11 is -0.0383. The van der Waals surface area contributed by atoms with Gasteiger partial charge in [-0.15, -0.1) is 0 Å². The lowest BCUT2D eigenvalue weighted by Gasteiger charge is -2.47. The van der Waals surface area contributed by atoms with Crippen molar-refractivity contribution in [3.63, 3.8) is 0 Å². The Balaban J connectivity index is 1.84. The molecule has 5 atom stereocenters. The third-order valence-electron chi connectivity index (χ3n) is 5.65. The number of aliphatic carboxylic acids is 1. The summed E-state index contributed by atoms with van der Waals surface area (Å²) in [6, 6.07) is -0.425. The Morgan fingerprint density at radius 3 is 2.72 bits per heavy atom. The van der Waals surface area contributed by atoms with Crippen LogP contribution < -0.4 is 9.51 Å². The predicted octanol–water partition coefficient (Wildman–Crippen LogP) is -1.66. The molecule has 1 saturated heterocycles. The number of rotatable bonds is 6. The predicted molar refractivity (Wildman–Crippen MR) is 102 cm³/mol. The van der Waals surface area contributed by atoms with Gasteiger partial charge in [-0.1, -0.05) is 18.3 Å². The van der Waals surface area contributed by atoms with Gasteiger partial charge in [-0.3, -0.25) is 4.79 Å². The van der Waals surface area contributed by atoms with Crippen molar-refractivity contribution < 1.29 is 33.9 Å². The van der Waals surface area contributed by atoms with Crippen molar-refractivity contribution in [1.82, 2.24) is 9.47 Å². The van der Waals surface area contributed by atoms with E-state index in [9.17, 15) is 29.5 Å². The van der Waals surface area contributed by atoms with Crippen LogP contribution in [-0.4, -0.2) is 61.1 Å². The van der Waals surface area contributed by atoms with Crippen LogP contribution in [0.4, 0.5) is 0 Å². The molecular formula is C18H21N3O6S2. The highest BCUT2D eigenvalue weighted by Gasteiger charge is 2.59. The highest BCUT2D eigenvalue weighted by molar-refractivity contribution is 7.91. The van der Waals surface area contributed by atoms with Crippen molar-refractivity contribution in [2.45, 2.75) is 37.6 Å². The van der Waals surface area contributed by atoms with Crippen LogP contribution in [0, 0.1) is 11.8 Å². The number of carboxylic acids is 1. The number of aliphatic hydroxyl groups excluding tert-OH is 2. The monoisotopic (exact) mass is 439 g/mol. The second-order valence-corrected chi connectivity index (χ2v) is 9.73. The van der Waals surface area contributed by atoms with E-state index in [0.717, 1.165) is 0 Å². The number of aliphatic hydroxyl groups is 2. The van der Waals surface area contributed by atoms with E-state index in [4.69, 9.17) is 0 Å². The molecule has 4 rings (SSSR count). The number of imidazole rings is 1. The second-order valence-electron chi connectivity index (χ2n) is 7.40. The number of hydrogen-bond acceptors (Lipinski definition) is 7. The van der Waals surface area contributed by atoms with E-state index in [2.05, 4.69) is 0 Å². The minimum Gasteiger partial charge on any atom is -0.609 e. The molecule has 2 aliphatic rings. The van der Waals surface area contributed by atoms with Crippen molar-refractivity contribution in [2.75, 3.05) is 12.9 Å². The molecule has 2 aromatic heterocycles. The minimum absolute atomic E-state index is 0.101. The molecular weight excluding hydrogens is 418 g/mol. The molecule has 9 nitrogen and oxygen atoms in total. The number of amides is 1. The van der Waals surface area contributed by atoms with Crippen molar-refractivity contribution in [1.29, 1.82) is 0 Å². The molecule has 1 fully saturated rings. The molecule has 0 spiro atoms. The number of fused-ring (bicyclic) bond motifs is 2. The van der Waals surface area contributed by atoms with Crippen LogP contribution in [0.3, 0.4) is 0 Å². The molecule has 2 N–H and O–H groups in total. The minimum atomic E-state index is -1.43. The lowest BCUT2D eigenvalue weighted by atomic mass is 9.77. The summed E-state index contributed by atoms with van der Waals surface area (Å²) in [6.07, 6.45) is 4.12. The molecule has 1 amide bonds. The number of thiazole rings is 1. The first-order valence-corrected chi connectivity index (χ1v) is 11.5. The first-order valence-electron chi connectivity index (χ1n) is 9.14. The molecule has 4 heterocycles. The average molecular weight is 440 g/mol. The van der Waals surface area contributed by atoms with Crippen molar-refractivity contribution in [3.8, 4) is 0 Å². The molecule has 156 valence electrons. The SMILES string of the molecule is C[C@@H](O)[C@H]1C(=O)N2C(C(=O)[O-])=C(c3c[n+]4cn(CCO)c([S+](C)[O-])c4s3)[C@H](C)[C@H]12. The number of carboxylic acid groups (broad SMARTS) is 1. The van der Waals surface area contributed by atoms with Crippen LogP contribution in [0.1, 0.15) is 18.7 Å². The third-order valence-corrected chi connectivity index (χ3v) is 7.89. The fourth-order valence-electron chi connectivity index (χ4n) is 4.50. The molecule has 2 aromatic rings. The van der Waals surface area contributed by atoms with Gasteiger partial charge in [0.1, 0.15) is 19.0 Å². The van der Waals surface area contributed by atoms with Crippen LogP contribution in [-0.2, 0) is 27.3 Å². The fourth-order valence-corrected chi connectivity index (χ4v) is 6.97. The molecule has 11 heteroatoms. The zero-order valence-electron chi connectivity index (χ0n) is 16.1. The van der Waals surface area contributed by atoms with E-state index in [1.807, 2.05) is 6.92 Å². The zero-order chi connectivity index (χ0) is 21.2. The van der Waals surface area contributed by atoms with Gasteiger partial charge in [0.05, 0.1) is 41.2 Å². The Morgan fingerprint density at radius 2 is 2.17 bits per heavy atom. The first kappa shape index (κ1) is 20.4. The first-order chi connectivity index (χ1) is 13.7. The summed E-state index contributed by atoms with van der Waals surface area (Å²) in [5.74, 6) is -2.79. The Morgan fingerprint density at radius 1 is 1.48 bits per heavy atom. The highest BCUT2D eigenvalue weighted by Crippen LogP contribution is 2.51. The Kier molecular flexibility index (Phi) is 4.98. The summed E-state index contributed by atoms with van der Waals surface area (Å²) in [5.41, 5.74) is 0.332. The number of hydrogen-bond donors (Lipinski definition) is 2. The molecule has 0 aliphatic carbocycles. The lowest BCUT2D eigenvalue weighted by Crippen LogP contribution is -2.64. The van der Waals surface area contributed by atoms with Gasteiger partial charge < -0.3 is 29.6 Å². The van der Waals surface area contributed by atoms with E-state index in [1.165, 1.54) is 23.2 Å². The van der Waals surface area contributed by atoms with E-state index >= 15 is 0 Å². The molecule has 29 heavy (non-hydrogen) atoms.